The second-order valence-corrected chi connectivity index (χ2v) is 20.4. The van der Waals surface area contributed by atoms with Crippen molar-refractivity contribution in [3.8, 4) is 78.1 Å². The normalized spacial score (nSPS) is 12.0. The van der Waals surface area contributed by atoms with Crippen molar-refractivity contribution in [3.63, 3.8) is 0 Å². The number of fused-ring (bicyclic) bond motifs is 6. The van der Waals surface area contributed by atoms with Crippen LogP contribution >= 0.6 is 0 Å². The summed E-state index contributed by atoms with van der Waals surface area (Å²) in [6, 6.07) is 90.3. The highest BCUT2D eigenvalue weighted by atomic mass is 15.3. The molecular formula is C74H54N8. The van der Waals surface area contributed by atoms with Gasteiger partial charge in [-0.15, -0.1) is 0 Å². The highest BCUT2D eigenvalue weighted by Gasteiger charge is 2.30. The summed E-state index contributed by atoms with van der Waals surface area (Å²) < 4.78 is 8.63. The van der Waals surface area contributed by atoms with Gasteiger partial charge in [0, 0.05) is 11.4 Å². The van der Waals surface area contributed by atoms with Gasteiger partial charge in [0.05, 0.1) is 39.1 Å². The molecule has 0 N–H and O–H groups in total. The van der Waals surface area contributed by atoms with Crippen LogP contribution in [0.3, 0.4) is 0 Å². The summed E-state index contributed by atoms with van der Waals surface area (Å²) in [4.78, 5) is 20.5. The summed E-state index contributed by atoms with van der Waals surface area (Å²) in [5.74, 6) is 2.70. The number of aromatic nitrogens is 6. The highest BCUT2D eigenvalue weighted by Crippen LogP contribution is 2.56. The van der Waals surface area contributed by atoms with Gasteiger partial charge in [-0.2, -0.15) is 0 Å². The maximum atomic E-state index is 5.44. The van der Waals surface area contributed by atoms with Crippen LogP contribution in [0.2, 0.25) is 0 Å². The smallest absolute Gasteiger partial charge is 0.223 e. The number of allylic oxidation sites excluding steroid dienone is 1. The molecule has 0 aliphatic rings. The van der Waals surface area contributed by atoms with Gasteiger partial charge in [-0.05, 0) is 154 Å². The van der Waals surface area contributed by atoms with E-state index in [4.69, 9.17) is 15.0 Å². The van der Waals surface area contributed by atoms with E-state index in [2.05, 4.69) is 263 Å². The van der Waals surface area contributed by atoms with Gasteiger partial charge in [-0.1, -0.05) is 213 Å². The molecule has 0 saturated carbocycles. The standard InChI is InChI=1S/C74H54N8/c1-5-59-64(47-49(2)50(3)76-72-71(75-4)82-61-44-25-24-43-60(61)78-74(82)80(72)57-40-22-11-23-41-57)81-63-46-27-26-45-62(63)79(73(81)77-59)58-42-28-39-56(48-58)70-68(54-35-18-9-19-36-54)66(52-31-14-7-15-32-52)65(51-29-12-6-13-30-51)67(53-33-16-8-17-34-53)69(70)55-37-20-10-21-38-55/h5-48H,1,4H2,2-3H3/b49-47+,76-50+. The molecule has 0 spiro atoms. The predicted molar refractivity (Wildman–Crippen MR) is 342 cm³/mol. The van der Waals surface area contributed by atoms with Gasteiger partial charge < -0.3 is 0 Å². The number of nitrogens with zero attached hydrogens (tertiary/aromatic N) is 8. The number of imidazole rings is 4. The van der Waals surface area contributed by atoms with Crippen LogP contribution in [0, 0.1) is 0 Å². The molecule has 8 nitrogen and oxygen atoms in total. The molecule has 10 aromatic carbocycles. The van der Waals surface area contributed by atoms with Crippen LogP contribution in [0.5, 0.6) is 0 Å². The first-order valence-corrected chi connectivity index (χ1v) is 27.5. The van der Waals surface area contributed by atoms with Crippen molar-refractivity contribution in [2.45, 2.75) is 13.8 Å². The van der Waals surface area contributed by atoms with E-state index < -0.39 is 0 Å². The molecule has 4 aromatic heterocycles. The molecule has 0 unspecified atom stereocenters. The van der Waals surface area contributed by atoms with Gasteiger partial charge >= 0.3 is 0 Å². The Balaban J connectivity index is 1.01. The average Bonchev–Trinajstić information content (AvgIpc) is 1.91. The van der Waals surface area contributed by atoms with Gasteiger partial charge in [0.1, 0.15) is 0 Å². The monoisotopic (exact) mass is 1050 g/mol. The quantitative estimate of drug-likeness (QED) is 0.108. The van der Waals surface area contributed by atoms with Crippen molar-refractivity contribution in [1.82, 2.24) is 27.9 Å². The summed E-state index contributed by atoms with van der Waals surface area (Å²) in [6.45, 7) is 12.5. The molecule has 4 heterocycles. The molecule has 82 heavy (non-hydrogen) atoms. The molecule has 8 heteroatoms. The summed E-state index contributed by atoms with van der Waals surface area (Å²) in [5, 5.41) is 0. The Morgan fingerprint density at radius 3 is 1.32 bits per heavy atom. The largest absolute Gasteiger partial charge is 0.278 e. The van der Waals surface area contributed by atoms with Gasteiger partial charge in [0.15, 0.2) is 11.6 Å². The lowest BCUT2D eigenvalue weighted by Gasteiger charge is -2.29. The van der Waals surface area contributed by atoms with Gasteiger partial charge in [-0.3, -0.25) is 17.9 Å². The van der Waals surface area contributed by atoms with Gasteiger partial charge in [-0.25, -0.2) is 20.0 Å². The van der Waals surface area contributed by atoms with E-state index >= 15 is 0 Å². The van der Waals surface area contributed by atoms with Crippen molar-refractivity contribution < 1.29 is 0 Å². The Kier molecular flexibility index (Phi) is 12.4. The van der Waals surface area contributed by atoms with E-state index in [0.717, 1.165) is 123 Å². The summed E-state index contributed by atoms with van der Waals surface area (Å²) >= 11 is 0. The second kappa shape index (κ2) is 20.7. The molecule has 0 aliphatic carbocycles. The van der Waals surface area contributed by atoms with E-state index in [-0.39, 0.29) is 0 Å². The fraction of sp³-hybridized carbons (Fsp3) is 0.0270. The lowest BCUT2D eigenvalue weighted by atomic mass is 9.74. The van der Waals surface area contributed by atoms with Crippen molar-refractivity contribution in [1.29, 1.82) is 0 Å². The SMILES string of the molecule is C=Cc1nc2n(-c3cccc(-c4c(-c5ccccc5)c(-c5ccccc5)c(-c5ccccc5)c(-c5ccccc5)c4-c4ccccc4)c3)c3ccccc3n2c1/C=C(C)/C(C)=N/c1c(N=C)n2c3ccccc3nc2n1-c1ccccc1. The van der Waals surface area contributed by atoms with Crippen molar-refractivity contribution in [3.05, 3.63) is 278 Å². The molecule has 390 valence electrons. The molecule has 14 aromatic rings. The van der Waals surface area contributed by atoms with E-state index in [9.17, 15) is 0 Å². The summed E-state index contributed by atoms with van der Waals surface area (Å²) in [7, 11) is 0. The minimum atomic E-state index is 0.607. The minimum Gasteiger partial charge on any atom is -0.278 e. The average molecular weight is 1060 g/mol. The first-order valence-electron chi connectivity index (χ1n) is 27.5. The molecule has 0 amide bonds. The van der Waals surface area contributed by atoms with Crippen molar-refractivity contribution >= 4 is 69.8 Å². The van der Waals surface area contributed by atoms with E-state index in [1.807, 2.05) is 53.8 Å². The second-order valence-electron chi connectivity index (χ2n) is 20.4. The zero-order valence-electron chi connectivity index (χ0n) is 45.4. The maximum Gasteiger partial charge on any atom is 0.223 e. The Morgan fingerprint density at radius 2 is 0.817 bits per heavy atom. The Morgan fingerprint density at radius 1 is 0.402 bits per heavy atom. The lowest BCUT2D eigenvalue weighted by Crippen LogP contribution is -2.02. The number of aliphatic imine (C=N–C) groups is 2. The van der Waals surface area contributed by atoms with E-state index in [1.54, 1.807) is 0 Å². The van der Waals surface area contributed by atoms with Gasteiger partial charge in [0.25, 0.3) is 0 Å². The lowest BCUT2D eigenvalue weighted by molar-refractivity contribution is 1.07. The molecule has 0 radical (unpaired) electrons. The Labute approximate surface area is 475 Å². The van der Waals surface area contributed by atoms with E-state index in [0.29, 0.717) is 17.4 Å². The number of benzene rings is 10. The predicted octanol–water partition coefficient (Wildman–Crippen LogP) is 19.0. The molecule has 0 aliphatic heterocycles. The van der Waals surface area contributed by atoms with Crippen LogP contribution in [-0.4, -0.2) is 40.3 Å². The van der Waals surface area contributed by atoms with Crippen LogP contribution < -0.4 is 0 Å². The van der Waals surface area contributed by atoms with Crippen LogP contribution in [-0.2, 0) is 0 Å². The molecule has 0 atom stereocenters. The zero-order chi connectivity index (χ0) is 55.3. The third kappa shape index (κ3) is 8.23. The molecular weight excluding hydrogens is 1000 g/mol. The number of para-hydroxylation sites is 5. The minimum absolute atomic E-state index is 0.607. The molecule has 0 fully saturated rings. The summed E-state index contributed by atoms with van der Waals surface area (Å²) in [6.07, 6.45) is 4.01. The zero-order valence-corrected chi connectivity index (χ0v) is 45.4. The number of hydrogen-bond acceptors (Lipinski definition) is 4. The molecule has 0 bridgehead atoms. The van der Waals surface area contributed by atoms with Crippen LogP contribution in [0.25, 0.3) is 124 Å². The van der Waals surface area contributed by atoms with Crippen LogP contribution in [0.15, 0.2) is 277 Å². The van der Waals surface area contributed by atoms with Crippen molar-refractivity contribution in [2.24, 2.45) is 9.98 Å². The number of hydrogen-bond donors (Lipinski definition) is 0. The maximum absolute atomic E-state index is 5.44. The highest BCUT2D eigenvalue weighted by molar-refractivity contribution is 6.15. The fourth-order valence-electron chi connectivity index (χ4n) is 11.9. The first-order chi connectivity index (χ1) is 40.5. The fourth-order valence-corrected chi connectivity index (χ4v) is 11.9. The summed E-state index contributed by atoms with van der Waals surface area (Å²) in [5.41, 5.74) is 22.7. The topological polar surface area (TPSA) is 69.2 Å². The van der Waals surface area contributed by atoms with Crippen LogP contribution in [0.4, 0.5) is 11.6 Å². The van der Waals surface area contributed by atoms with Gasteiger partial charge in [0.2, 0.25) is 11.6 Å². The van der Waals surface area contributed by atoms with E-state index in [1.165, 1.54) is 5.56 Å². The van der Waals surface area contributed by atoms with Crippen LogP contribution in [0.1, 0.15) is 25.2 Å². The Hall–Kier alpha value is -11.0. The Bertz CT molecular complexity index is 4710. The van der Waals surface area contributed by atoms with Crippen molar-refractivity contribution in [2.75, 3.05) is 0 Å². The first kappa shape index (κ1) is 49.3. The third-order valence-electron chi connectivity index (χ3n) is 15.6. The molecule has 0 saturated heterocycles. The molecule has 14 rings (SSSR count). The number of rotatable bonds is 13. The third-order valence-corrected chi connectivity index (χ3v) is 15.6.